The lowest BCUT2D eigenvalue weighted by Gasteiger charge is -2.20. The SMILES string of the molecule is Cn1cc(NC(=O)O)cc1N(C(=O)O)c1cc(N(C(=O)O)c2cc(N(C(=O)O)c3cc(N(C(=O)O)c4cc[nH]c4NC(=O)O)n(C)c3)n(C)c2)n(C)c1. The first-order valence-electron chi connectivity index (χ1n) is 14.8. The van der Waals surface area contributed by atoms with Crippen LogP contribution >= 0.6 is 0 Å². The highest BCUT2D eigenvalue weighted by molar-refractivity contribution is 6.03. The maximum Gasteiger partial charge on any atom is 0.417 e. The highest BCUT2D eigenvalue weighted by Gasteiger charge is 2.31. The number of aryl methyl sites for hydroxylation is 4. The zero-order valence-corrected chi connectivity index (χ0v) is 28.0. The minimum atomic E-state index is -1.54. The second-order valence-corrected chi connectivity index (χ2v) is 11.3. The number of nitrogens with one attached hydrogen (secondary N) is 3. The number of hydrogen-bond donors (Lipinski definition) is 9. The Bertz CT molecular complexity index is 2280. The van der Waals surface area contributed by atoms with Crippen molar-refractivity contribution in [1.29, 1.82) is 0 Å². The van der Waals surface area contributed by atoms with Gasteiger partial charge in [-0.2, -0.15) is 0 Å². The van der Waals surface area contributed by atoms with Crippen molar-refractivity contribution in [2.24, 2.45) is 28.2 Å². The fourth-order valence-electron chi connectivity index (χ4n) is 5.71. The number of H-pyrrole nitrogens is 1. The first-order chi connectivity index (χ1) is 24.9. The molecule has 5 aromatic rings. The molecule has 5 aromatic heterocycles. The van der Waals surface area contributed by atoms with Gasteiger partial charge in [0.25, 0.3) is 0 Å². The van der Waals surface area contributed by atoms with Crippen molar-refractivity contribution in [1.82, 2.24) is 23.3 Å². The molecule has 0 unspecified atom stereocenters. The number of anilines is 10. The number of amides is 6. The van der Waals surface area contributed by atoms with E-state index in [1.54, 1.807) is 0 Å². The van der Waals surface area contributed by atoms with Crippen LogP contribution in [0.1, 0.15) is 0 Å². The summed E-state index contributed by atoms with van der Waals surface area (Å²) in [6.45, 7) is 0. The second kappa shape index (κ2) is 13.7. The van der Waals surface area contributed by atoms with Gasteiger partial charge in [0.05, 0.1) is 28.4 Å². The Kier molecular flexibility index (Phi) is 9.41. The summed E-state index contributed by atoms with van der Waals surface area (Å²) < 4.78 is 5.26. The molecule has 23 nitrogen and oxygen atoms in total. The molecule has 0 fully saturated rings. The number of rotatable bonds is 10. The Balaban J connectivity index is 1.54. The summed E-state index contributed by atoms with van der Waals surface area (Å²) in [6, 6.07) is 6.26. The molecule has 23 heteroatoms. The Hall–Kier alpha value is -7.98. The molecule has 9 N–H and O–H groups in total. The lowest BCUT2D eigenvalue weighted by Crippen LogP contribution is -2.26. The summed E-state index contributed by atoms with van der Waals surface area (Å²) >= 11 is 0. The van der Waals surface area contributed by atoms with Gasteiger partial charge in [0.2, 0.25) is 0 Å². The number of carbonyl (C=O) groups is 6. The van der Waals surface area contributed by atoms with E-state index in [4.69, 9.17) is 5.11 Å². The van der Waals surface area contributed by atoms with Gasteiger partial charge in [-0.1, -0.05) is 0 Å². The quantitative estimate of drug-likeness (QED) is 0.0820. The van der Waals surface area contributed by atoms with Crippen LogP contribution in [0.25, 0.3) is 0 Å². The smallest absolute Gasteiger partial charge is 0.417 e. The minimum absolute atomic E-state index is 0.0171. The molecule has 0 aliphatic rings. The fraction of sp³-hybridized carbons (Fsp3) is 0.133. The van der Waals surface area contributed by atoms with Crippen LogP contribution in [0.3, 0.4) is 0 Å². The molecule has 5 rings (SSSR count). The van der Waals surface area contributed by atoms with E-state index < -0.39 is 36.6 Å². The van der Waals surface area contributed by atoms with Gasteiger partial charge in [-0.05, 0) is 6.07 Å². The Labute approximate surface area is 296 Å². The summed E-state index contributed by atoms with van der Waals surface area (Å²) in [6.07, 6.45) is -2.33. The highest BCUT2D eigenvalue weighted by atomic mass is 16.4. The molecule has 0 bridgehead atoms. The molecule has 53 heavy (non-hydrogen) atoms. The van der Waals surface area contributed by atoms with Gasteiger partial charge in [0.1, 0.15) is 29.1 Å². The Morgan fingerprint density at radius 1 is 0.528 bits per heavy atom. The molecule has 0 saturated carbocycles. The molecule has 6 amide bonds. The van der Waals surface area contributed by atoms with Crippen LogP contribution in [0.5, 0.6) is 0 Å². The average molecular weight is 738 g/mol. The van der Waals surface area contributed by atoms with Gasteiger partial charge in [0, 0.05) is 83.4 Å². The van der Waals surface area contributed by atoms with Crippen LogP contribution in [0.15, 0.2) is 61.3 Å². The zero-order valence-electron chi connectivity index (χ0n) is 28.0. The molecule has 278 valence electrons. The Morgan fingerprint density at radius 2 is 0.887 bits per heavy atom. The van der Waals surface area contributed by atoms with E-state index in [1.165, 1.54) is 108 Å². The van der Waals surface area contributed by atoms with Crippen LogP contribution in [0, 0.1) is 0 Å². The van der Waals surface area contributed by atoms with Crippen molar-refractivity contribution in [2.45, 2.75) is 0 Å². The lowest BCUT2D eigenvalue weighted by atomic mass is 10.3. The number of hydrogen-bond acceptors (Lipinski definition) is 6. The van der Waals surface area contributed by atoms with Gasteiger partial charge in [0.15, 0.2) is 0 Å². The van der Waals surface area contributed by atoms with E-state index in [9.17, 15) is 54.3 Å². The molecule has 5 heterocycles. The predicted molar refractivity (Wildman–Crippen MR) is 186 cm³/mol. The van der Waals surface area contributed by atoms with Crippen LogP contribution in [-0.2, 0) is 28.2 Å². The monoisotopic (exact) mass is 737 g/mol. The van der Waals surface area contributed by atoms with Crippen molar-refractivity contribution in [3.05, 3.63) is 61.3 Å². The van der Waals surface area contributed by atoms with Gasteiger partial charge in [-0.25, -0.2) is 48.4 Å². The van der Waals surface area contributed by atoms with Gasteiger partial charge >= 0.3 is 36.6 Å². The standard InChI is InChI=1S/C30H31N11O12/c1-34-11-15(32-25(42)43)7-20(34)38(27(46)47)16-8-21(35(2)12-16)39(28(48)49)17-9-22(36(3)13-17)40(29(50)51)18-10-23(37(4)14-18)41(30(52)53)19-5-6-31-24(19)33-26(44)45/h5-14,31-33H,1-4H3,(H,42,43)(H,44,45)(H,46,47)(H,48,49)(H,50,51)(H,52,53). The summed E-state index contributed by atoms with van der Waals surface area (Å²) in [5.74, 6) is -0.382. The van der Waals surface area contributed by atoms with Crippen molar-refractivity contribution in [2.75, 3.05) is 30.2 Å². The number of nitrogens with zero attached hydrogens (tertiary/aromatic N) is 8. The van der Waals surface area contributed by atoms with E-state index in [0.29, 0.717) is 0 Å². The zero-order chi connectivity index (χ0) is 39.0. The van der Waals surface area contributed by atoms with Gasteiger partial charge in [-0.3, -0.25) is 10.6 Å². The maximum absolute atomic E-state index is 12.8. The van der Waals surface area contributed by atoms with E-state index in [2.05, 4.69) is 15.6 Å². The molecule has 0 saturated heterocycles. The van der Waals surface area contributed by atoms with Crippen LogP contribution in [0.4, 0.5) is 86.3 Å². The van der Waals surface area contributed by atoms with Crippen LogP contribution < -0.4 is 30.2 Å². The van der Waals surface area contributed by atoms with Crippen LogP contribution in [0.2, 0.25) is 0 Å². The predicted octanol–water partition coefficient (Wildman–Crippen LogP) is 5.81. The number of carboxylic acid groups (broad SMARTS) is 6. The first-order valence-corrected chi connectivity index (χ1v) is 14.8. The molecule has 0 aromatic carbocycles. The molecule has 0 spiro atoms. The fourth-order valence-corrected chi connectivity index (χ4v) is 5.71. The van der Waals surface area contributed by atoms with Gasteiger partial charge < -0.3 is 53.9 Å². The highest BCUT2D eigenvalue weighted by Crippen LogP contribution is 2.40. The maximum atomic E-state index is 12.8. The van der Waals surface area contributed by atoms with Crippen LogP contribution in [-0.4, -0.2) is 90.5 Å². The number of aromatic amines is 1. The summed E-state index contributed by atoms with van der Waals surface area (Å²) in [5, 5.41) is 63.4. The normalized spacial score (nSPS) is 10.8. The molecule has 0 radical (unpaired) electrons. The second-order valence-electron chi connectivity index (χ2n) is 11.3. The largest absolute Gasteiger partial charge is 0.465 e. The number of aromatic nitrogens is 5. The molecular weight excluding hydrogens is 706 g/mol. The first kappa shape index (κ1) is 36.3. The summed E-state index contributed by atoms with van der Waals surface area (Å²) in [5.41, 5.74) is -0.188. The lowest BCUT2D eigenvalue weighted by molar-refractivity contribution is 0.203. The third kappa shape index (κ3) is 6.91. The van der Waals surface area contributed by atoms with Crippen molar-refractivity contribution < 1.29 is 59.4 Å². The molecule has 0 aliphatic carbocycles. The van der Waals surface area contributed by atoms with Crippen molar-refractivity contribution in [3.63, 3.8) is 0 Å². The molecular formula is C30H31N11O12. The van der Waals surface area contributed by atoms with Gasteiger partial charge in [-0.15, -0.1) is 0 Å². The van der Waals surface area contributed by atoms with Crippen molar-refractivity contribution in [3.8, 4) is 0 Å². The minimum Gasteiger partial charge on any atom is -0.465 e. The average Bonchev–Trinajstić information content (AvgIpc) is 3.85. The van der Waals surface area contributed by atoms with E-state index in [0.717, 1.165) is 19.6 Å². The Morgan fingerprint density at radius 3 is 1.26 bits per heavy atom. The summed E-state index contributed by atoms with van der Waals surface area (Å²) in [7, 11) is 5.80. The third-order valence-electron chi connectivity index (χ3n) is 7.78. The third-order valence-corrected chi connectivity index (χ3v) is 7.78. The van der Waals surface area contributed by atoms with E-state index >= 15 is 0 Å². The van der Waals surface area contributed by atoms with Crippen molar-refractivity contribution >= 4 is 94.1 Å². The topological polar surface area (TPSA) is 296 Å². The van der Waals surface area contributed by atoms with E-state index in [-0.39, 0.29) is 57.5 Å². The summed E-state index contributed by atoms with van der Waals surface area (Å²) in [4.78, 5) is 78.4. The molecule has 0 aliphatic heterocycles. The van der Waals surface area contributed by atoms with E-state index in [1.807, 2.05) is 0 Å². The molecule has 0 atom stereocenters.